The van der Waals surface area contributed by atoms with Crippen LogP contribution < -0.4 is 4.90 Å². The number of rotatable bonds is 2. The molecule has 6 heteroatoms. The minimum Gasteiger partial charge on any atom is -0.478 e. The number of hydrogen-bond acceptors (Lipinski definition) is 3. The summed E-state index contributed by atoms with van der Waals surface area (Å²) in [5, 5.41) is 8.82. The third-order valence-electron chi connectivity index (χ3n) is 2.48. The Morgan fingerprint density at radius 2 is 1.83 bits per heavy atom. The SMILES string of the molecule is O=C(O)C1=CCC(=O)N(c2ccc(F)cc2)C1=O. The highest BCUT2D eigenvalue weighted by Crippen LogP contribution is 2.22. The summed E-state index contributed by atoms with van der Waals surface area (Å²) in [7, 11) is 0. The lowest BCUT2D eigenvalue weighted by molar-refractivity contribution is -0.135. The number of hydrogen-bond donors (Lipinski definition) is 1. The van der Waals surface area contributed by atoms with E-state index in [0.29, 0.717) is 0 Å². The van der Waals surface area contributed by atoms with E-state index in [1.54, 1.807) is 0 Å². The van der Waals surface area contributed by atoms with Gasteiger partial charge in [-0.05, 0) is 24.3 Å². The third kappa shape index (κ3) is 2.00. The summed E-state index contributed by atoms with van der Waals surface area (Å²) in [6.45, 7) is 0. The molecule has 1 aromatic carbocycles. The monoisotopic (exact) mass is 249 g/mol. The number of benzene rings is 1. The highest BCUT2D eigenvalue weighted by molar-refractivity contribution is 6.31. The molecule has 0 aromatic heterocycles. The van der Waals surface area contributed by atoms with Crippen LogP contribution in [0.3, 0.4) is 0 Å². The number of anilines is 1. The number of aliphatic carboxylic acids is 1. The van der Waals surface area contributed by atoms with E-state index in [-0.39, 0.29) is 12.1 Å². The maximum absolute atomic E-state index is 12.8. The van der Waals surface area contributed by atoms with Gasteiger partial charge in [0.1, 0.15) is 11.4 Å². The van der Waals surface area contributed by atoms with Crippen LogP contribution in [0.1, 0.15) is 6.42 Å². The van der Waals surface area contributed by atoms with Gasteiger partial charge in [0.15, 0.2) is 0 Å². The number of carbonyl (C=O) groups excluding carboxylic acids is 2. The number of imide groups is 1. The van der Waals surface area contributed by atoms with E-state index in [1.165, 1.54) is 12.1 Å². The average molecular weight is 249 g/mol. The van der Waals surface area contributed by atoms with E-state index >= 15 is 0 Å². The molecule has 0 fully saturated rings. The van der Waals surface area contributed by atoms with Crippen molar-refractivity contribution in [2.75, 3.05) is 4.90 Å². The Morgan fingerprint density at radius 3 is 2.39 bits per heavy atom. The van der Waals surface area contributed by atoms with E-state index in [1.807, 2.05) is 0 Å². The van der Waals surface area contributed by atoms with Crippen LogP contribution in [0.15, 0.2) is 35.9 Å². The molecule has 0 saturated carbocycles. The number of carboxylic acids is 1. The van der Waals surface area contributed by atoms with Gasteiger partial charge in [-0.25, -0.2) is 14.1 Å². The van der Waals surface area contributed by atoms with Crippen molar-refractivity contribution in [2.45, 2.75) is 6.42 Å². The lowest BCUT2D eigenvalue weighted by Crippen LogP contribution is -2.42. The highest BCUT2D eigenvalue weighted by atomic mass is 19.1. The van der Waals surface area contributed by atoms with Crippen LogP contribution >= 0.6 is 0 Å². The minimum absolute atomic E-state index is 0.151. The maximum atomic E-state index is 12.8. The number of carboxylic acid groups (broad SMARTS) is 1. The summed E-state index contributed by atoms with van der Waals surface area (Å²) in [5.74, 6) is -3.36. The van der Waals surface area contributed by atoms with Crippen LogP contribution in [0.5, 0.6) is 0 Å². The minimum atomic E-state index is -1.39. The predicted octanol–water partition coefficient (Wildman–Crippen LogP) is 1.10. The van der Waals surface area contributed by atoms with Gasteiger partial charge in [-0.2, -0.15) is 0 Å². The van der Waals surface area contributed by atoms with Crippen molar-refractivity contribution in [1.29, 1.82) is 0 Å². The molecule has 0 aliphatic carbocycles. The predicted molar refractivity (Wildman–Crippen MR) is 59.2 cm³/mol. The first-order chi connectivity index (χ1) is 8.50. The molecule has 1 aliphatic rings. The first-order valence-electron chi connectivity index (χ1n) is 5.07. The van der Waals surface area contributed by atoms with Crippen LogP contribution in [0, 0.1) is 5.82 Å². The first kappa shape index (κ1) is 12.0. The summed E-state index contributed by atoms with van der Waals surface area (Å²) in [6.07, 6.45) is 0.901. The van der Waals surface area contributed by atoms with Gasteiger partial charge in [0.2, 0.25) is 5.91 Å². The highest BCUT2D eigenvalue weighted by Gasteiger charge is 2.33. The van der Waals surface area contributed by atoms with E-state index in [9.17, 15) is 18.8 Å². The number of halogens is 1. The van der Waals surface area contributed by atoms with Gasteiger partial charge in [-0.1, -0.05) is 6.08 Å². The average Bonchev–Trinajstić information content (AvgIpc) is 2.31. The van der Waals surface area contributed by atoms with Gasteiger partial charge in [-0.3, -0.25) is 9.59 Å². The molecule has 18 heavy (non-hydrogen) atoms. The summed E-state index contributed by atoms with van der Waals surface area (Å²) in [6, 6.07) is 4.68. The van der Waals surface area contributed by atoms with Crippen molar-refractivity contribution in [3.63, 3.8) is 0 Å². The molecule has 1 aromatic rings. The normalized spacial score (nSPS) is 15.6. The Labute approximate surface area is 101 Å². The molecule has 0 radical (unpaired) electrons. The zero-order valence-corrected chi connectivity index (χ0v) is 9.09. The fourth-order valence-corrected chi connectivity index (χ4v) is 1.63. The summed E-state index contributed by atoms with van der Waals surface area (Å²) in [5.41, 5.74) is -0.308. The molecule has 0 spiro atoms. The van der Waals surface area contributed by atoms with Gasteiger partial charge >= 0.3 is 5.97 Å². The Bertz CT molecular complexity index is 562. The van der Waals surface area contributed by atoms with E-state index < -0.39 is 29.2 Å². The molecule has 5 nitrogen and oxygen atoms in total. The van der Waals surface area contributed by atoms with E-state index in [4.69, 9.17) is 5.11 Å². The quantitative estimate of drug-likeness (QED) is 0.629. The van der Waals surface area contributed by atoms with Gasteiger partial charge < -0.3 is 5.11 Å². The molecule has 2 rings (SSSR count). The summed E-state index contributed by atoms with van der Waals surface area (Å²) < 4.78 is 12.8. The molecule has 0 saturated heterocycles. The molecule has 2 amide bonds. The first-order valence-corrected chi connectivity index (χ1v) is 5.07. The van der Waals surface area contributed by atoms with Crippen LogP contribution in [0.2, 0.25) is 0 Å². The van der Waals surface area contributed by atoms with Crippen molar-refractivity contribution >= 4 is 23.5 Å². The fourth-order valence-electron chi connectivity index (χ4n) is 1.63. The largest absolute Gasteiger partial charge is 0.478 e. The number of amides is 2. The summed E-state index contributed by atoms with van der Waals surface area (Å²) >= 11 is 0. The molecule has 0 bridgehead atoms. The number of nitrogens with zero attached hydrogens (tertiary/aromatic N) is 1. The lowest BCUT2D eigenvalue weighted by atomic mass is 10.1. The fraction of sp³-hybridized carbons (Fsp3) is 0.0833. The standard InChI is InChI=1S/C12H8FNO4/c13-7-1-3-8(4-2-7)14-10(15)6-5-9(11(14)16)12(17)18/h1-5H,6H2,(H,17,18). The zero-order valence-electron chi connectivity index (χ0n) is 9.09. The maximum Gasteiger partial charge on any atom is 0.341 e. The van der Waals surface area contributed by atoms with Crippen molar-refractivity contribution in [3.8, 4) is 0 Å². The second-order valence-electron chi connectivity index (χ2n) is 3.64. The Hall–Kier alpha value is -2.50. The molecule has 0 unspecified atom stereocenters. The molecule has 0 atom stereocenters. The smallest absolute Gasteiger partial charge is 0.341 e. The molecule has 1 aliphatic heterocycles. The molecular weight excluding hydrogens is 241 g/mol. The molecule has 1 N–H and O–H groups in total. The van der Waals surface area contributed by atoms with Crippen LogP contribution in [-0.2, 0) is 14.4 Å². The van der Waals surface area contributed by atoms with Crippen molar-refractivity contribution in [3.05, 3.63) is 41.7 Å². The Kier molecular flexibility index (Phi) is 2.93. The van der Waals surface area contributed by atoms with Gasteiger partial charge in [0.25, 0.3) is 5.91 Å². The van der Waals surface area contributed by atoms with E-state index in [2.05, 4.69) is 0 Å². The molecule has 1 heterocycles. The van der Waals surface area contributed by atoms with Crippen LogP contribution in [0.4, 0.5) is 10.1 Å². The van der Waals surface area contributed by atoms with Gasteiger partial charge in [-0.15, -0.1) is 0 Å². The lowest BCUT2D eigenvalue weighted by Gasteiger charge is -2.23. The topological polar surface area (TPSA) is 74.7 Å². The molecular formula is C12H8FNO4. The number of carbonyl (C=O) groups is 3. The van der Waals surface area contributed by atoms with Gasteiger partial charge in [0, 0.05) is 6.42 Å². The Balaban J connectivity index is 2.41. The second-order valence-corrected chi connectivity index (χ2v) is 3.64. The second kappa shape index (κ2) is 4.40. The van der Waals surface area contributed by atoms with Crippen molar-refractivity contribution in [1.82, 2.24) is 0 Å². The van der Waals surface area contributed by atoms with Crippen LogP contribution in [-0.4, -0.2) is 22.9 Å². The zero-order chi connectivity index (χ0) is 13.3. The Morgan fingerprint density at radius 1 is 1.22 bits per heavy atom. The van der Waals surface area contributed by atoms with Crippen molar-refractivity contribution < 1.29 is 23.9 Å². The van der Waals surface area contributed by atoms with Gasteiger partial charge in [0.05, 0.1) is 5.69 Å². The van der Waals surface area contributed by atoms with Crippen molar-refractivity contribution in [2.24, 2.45) is 0 Å². The summed E-state index contributed by atoms with van der Waals surface area (Å²) in [4.78, 5) is 35.0. The third-order valence-corrected chi connectivity index (χ3v) is 2.48. The molecule has 92 valence electrons. The van der Waals surface area contributed by atoms with E-state index in [0.717, 1.165) is 23.1 Å². The van der Waals surface area contributed by atoms with Crippen LogP contribution in [0.25, 0.3) is 0 Å².